The Hall–Kier alpha value is -0.480. The van der Waals surface area contributed by atoms with Crippen LogP contribution in [-0.2, 0) is 6.54 Å². The highest BCUT2D eigenvalue weighted by Gasteiger charge is 2.11. The van der Waals surface area contributed by atoms with E-state index in [4.69, 9.17) is 0 Å². The molecule has 1 aliphatic heterocycles. The minimum atomic E-state index is 0. The van der Waals surface area contributed by atoms with Gasteiger partial charge in [0.05, 0.1) is 0 Å². The second kappa shape index (κ2) is 10.3. The van der Waals surface area contributed by atoms with E-state index >= 15 is 0 Å². The Morgan fingerprint density at radius 3 is 2.25 bits per heavy atom. The SMILES string of the molecule is CN(C)c1ccc(CNCC2CCNCC2)cc1.[Cl-].[Cl-]. The number of anilines is 1. The summed E-state index contributed by atoms with van der Waals surface area (Å²) in [7, 11) is 4.15. The Bertz CT molecular complexity index is 349. The maximum atomic E-state index is 3.58. The standard InChI is InChI=1S/C15H25N3.2ClH/c1-18(2)15-5-3-13(4-6-15)11-17-12-14-7-9-16-10-8-14;;/h3-6,14,16-17H,7-12H2,1-2H3;2*1H/p-2. The van der Waals surface area contributed by atoms with Gasteiger partial charge < -0.3 is 40.3 Å². The monoisotopic (exact) mass is 317 g/mol. The van der Waals surface area contributed by atoms with Gasteiger partial charge in [-0.05, 0) is 56.1 Å². The summed E-state index contributed by atoms with van der Waals surface area (Å²) in [5, 5.41) is 6.99. The van der Waals surface area contributed by atoms with E-state index in [0.29, 0.717) is 0 Å². The molecule has 0 saturated carbocycles. The largest absolute Gasteiger partial charge is 1.00 e. The van der Waals surface area contributed by atoms with Gasteiger partial charge in [-0.1, -0.05) is 12.1 Å². The molecule has 0 radical (unpaired) electrons. The van der Waals surface area contributed by atoms with Gasteiger partial charge in [-0.3, -0.25) is 0 Å². The first-order valence-corrected chi connectivity index (χ1v) is 6.93. The van der Waals surface area contributed by atoms with E-state index in [2.05, 4.69) is 53.9 Å². The highest BCUT2D eigenvalue weighted by atomic mass is 35.5. The Kier molecular flexibility index (Phi) is 10.0. The van der Waals surface area contributed by atoms with Crippen LogP contribution in [0.4, 0.5) is 5.69 Å². The number of halogens is 2. The first-order valence-electron chi connectivity index (χ1n) is 6.93. The first kappa shape index (κ1) is 19.5. The third-order valence-corrected chi connectivity index (χ3v) is 3.67. The van der Waals surface area contributed by atoms with Gasteiger partial charge in [-0.15, -0.1) is 0 Å². The van der Waals surface area contributed by atoms with Crippen molar-refractivity contribution in [2.24, 2.45) is 5.92 Å². The molecule has 3 nitrogen and oxygen atoms in total. The van der Waals surface area contributed by atoms with Crippen molar-refractivity contribution in [3.63, 3.8) is 0 Å². The van der Waals surface area contributed by atoms with Crippen molar-refractivity contribution in [1.29, 1.82) is 0 Å². The molecule has 20 heavy (non-hydrogen) atoms. The molecule has 0 spiro atoms. The van der Waals surface area contributed by atoms with Crippen LogP contribution < -0.4 is 40.3 Å². The summed E-state index contributed by atoms with van der Waals surface area (Å²) >= 11 is 0. The van der Waals surface area contributed by atoms with Gasteiger partial charge in [0.25, 0.3) is 0 Å². The average Bonchev–Trinajstić information content (AvgIpc) is 2.40. The minimum absolute atomic E-state index is 0. The number of nitrogens with zero attached hydrogens (tertiary/aromatic N) is 1. The maximum Gasteiger partial charge on any atom is 0.0361 e. The number of rotatable bonds is 5. The van der Waals surface area contributed by atoms with E-state index in [1.807, 2.05) is 0 Å². The van der Waals surface area contributed by atoms with Crippen molar-refractivity contribution in [2.45, 2.75) is 19.4 Å². The highest BCUT2D eigenvalue weighted by molar-refractivity contribution is 5.45. The first-order chi connectivity index (χ1) is 8.75. The number of nitrogens with one attached hydrogen (secondary N) is 2. The molecule has 5 heteroatoms. The van der Waals surface area contributed by atoms with Crippen LogP contribution in [0, 0.1) is 5.92 Å². The lowest BCUT2D eigenvalue weighted by molar-refractivity contribution is -0.001000. The van der Waals surface area contributed by atoms with Crippen molar-refractivity contribution < 1.29 is 24.8 Å². The van der Waals surface area contributed by atoms with Crippen molar-refractivity contribution in [2.75, 3.05) is 38.6 Å². The predicted octanol–water partition coefficient (Wildman–Crippen LogP) is -4.15. The molecular formula is C15H25Cl2N3-2. The number of benzene rings is 1. The lowest BCUT2D eigenvalue weighted by Gasteiger charge is -2.22. The van der Waals surface area contributed by atoms with Crippen molar-refractivity contribution in [3.05, 3.63) is 29.8 Å². The zero-order valence-corrected chi connectivity index (χ0v) is 13.8. The molecule has 0 bridgehead atoms. The molecule has 1 aromatic carbocycles. The minimum Gasteiger partial charge on any atom is -1.00 e. The quantitative estimate of drug-likeness (QED) is 0.577. The molecule has 1 heterocycles. The summed E-state index contributed by atoms with van der Waals surface area (Å²) in [5.41, 5.74) is 2.63. The third kappa shape index (κ3) is 6.31. The smallest absolute Gasteiger partial charge is 0.0361 e. The highest BCUT2D eigenvalue weighted by Crippen LogP contribution is 2.13. The summed E-state index contributed by atoms with van der Waals surface area (Å²) in [6.45, 7) is 4.50. The second-order valence-electron chi connectivity index (χ2n) is 5.39. The third-order valence-electron chi connectivity index (χ3n) is 3.67. The van der Waals surface area contributed by atoms with E-state index in [9.17, 15) is 0 Å². The Labute approximate surface area is 135 Å². The summed E-state index contributed by atoms with van der Waals surface area (Å²) in [5.74, 6) is 0.854. The molecule has 0 aliphatic carbocycles. The van der Waals surface area contributed by atoms with Crippen molar-refractivity contribution in [3.8, 4) is 0 Å². The Morgan fingerprint density at radius 2 is 1.70 bits per heavy atom. The van der Waals surface area contributed by atoms with Gasteiger partial charge in [-0.2, -0.15) is 0 Å². The summed E-state index contributed by atoms with van der Waals surface area (Å²) in [6, 6.07) is 8.79. The molecule has 2 N–H and O–H groups in total. The fraction of sp³-hybridized carbons (Fsp3) is 0.600. The zero-order chi connectivity index (χ0) is 12.8. The van der Waals surface area contributed by atoms with Gasteiger partial charge in [-0.25, -0.2) is 0 Å². The van der Waals surface area contributed by atoms with Gasteiger partial charge in [0.15, 0.2) is 0 Å². The Morgan fingerprint density at radius 1 is 1.10 bits per heavy atom. The molecule has 0 unspecified atom stereocenters. The van der Waals surface area contributed by atoms with E-state index in [1.165, 1.54) is 37.2 Å². The van der Waals surface area contributed by atoms with E-state index in [0.717, 1.165) is 19.0 Å². The van der Waals surface area contributed by atoms with E-state index < -0.39 is 0 Å². The number of hydrogen-bond donors (Lipinski definition) is 2. The topological polar surface area (TPSA) is 27.3 Å². The molecule has 1 aliphatic rings. The van der Waals surface area contributed by atoms with Crippen LogP contribution in [0.3, 0.4) is 0 Å². The molecule has 1 fully saturated rings. The Balaban J connectivity index is 0.00000180. The van der Waals surface area contributed by atoms with E-state index in [1.54, 1.807) is 0 Å². The second-order valence-corrected chi connectivity index (χ2v) is 5.39. The van der Waals surface area contributed by atoms with Gasteiger partial charge >= 0.3 is 0 Å². The van der Waals surface area contributed by atoms with Crippen LogP contribution in [0.15, 0.2) is 24.3 Å². The molecule has 1 aromatic rings. The maximum absolute atomic E-state index is 3.58. The van der Waals surface area contributed by atoms with E-state index in [-0.39, 0.29) is 24.8 Å². The number of piperidine rings is 1. The van der Waals surface area contributed by atoms with Crippen LogP contribution in [-0.4, -0.2) is 33.7 Å². The molecule has 0 aromatic heterocycles. The summed E-state index contributed by atoms with van der Waals surface area (Å²) in [4.78, 5) is 2.13. The van der Waals surface area contributed by atoms with Gasteiger partial charge in [0.1, 0.15) is 0 Å². The lowest BCUT2D eigenvalue weighted by atomic mass is 9.98. The fourth-order valence-corrected chi connectivity index (χ4v) is 2.42. The number of hydrogen-bond acceptors (Lipinski definition) is 3. The van der Waals surface area contributed by atoms with Gasteiger partial charge in [0, 0.05) is 26.3 Å². The van der Waals surface area contributed by atoms with Crippen LogP contribution in [0.5, 0.6) is 0 Å². The molecule has 0 amide bonds. The molecule has 1 saturated heterocycles. The lowest BCUT2D eigenvalue weighted by Crippen LogP contribution is -3.00. The normalized spacial score (nSPS) is 15.1. The molecular weight excluding hydrogens is 293 g/mol. The van der Waals surface area contributed by atoms with Crippen LogP contribution in [0.1, 0.15) is 18.4 Å². The van der Waals surface area contributed by atoms with Gasteiger partial charge in [0.2, 0.25) is 0 Å². The van der Waals surface area contributed by atoms with Crippen LogP contribution >= 0.6 is 0 Å². The van der Waals surface area contributed by atoms with Crippen molar-refractivity contribution >= 4 is 5.69 Å². The van der Waals surface area contributed by atoms with Crippen LogP contribution in [0.25, 0.3) is 0 Å². The average molecular weight is 318 g/mol. The predicted molar refractivity (Wildman–Crippen MR) is 78.1 cm³/mol. The fourth-order valence-electron chi connectivity index (χ4n) is 2.42. The molecule has 0 atom stereocenters. The summed E-state index contributed by atoms with van der Waals surface area (Å²) in [6.07, 6.45) is 2.62. The molecule has 116 valence electrons. The summed E-state index contributed by atoms with van der Waals surface area (Å²) < 4.78 is 0. The molecule has 2 rings (SSSR count). The zero-order valence-electron chi connectivity index (χ0n) is 12.3. The van der Waals surface area contributed by atoms with Crippen molar-refractivity contribution in [1.82, 2.24) is 10.6 Å². The van der Waals surface area contributed by atoms with Crippen LogP contribution in [0.2, 0.25) is 0 Å².